The molecule has 1 aliphatic rings. The summed E-state index contributed by atoms with van der Waals surface area (Å²) < 4.78 is 0. The van der Waals surface area contributed by atoms with Gasteiger partial charge >= 0.3 is 0 Å². The molecular formula is C16H24N2O2. The van der Waals surface area contributed by atoms with Gasteiger partial charge in [-0.2, -0.15) is 0 Å². The Kier molecular flexibility index (Phi) is 5.15. The lowest BCUT2D eigenvalue weighted by atomic mass is 9.95. The van der Waals surface area contributed by atoms with Crippen LogP contribution in [0.25, 0.3) is 0 Å². The molecule has 2 rings (SSSR count). The Morgan fingerprint density at radius 2 is 2.20 bits per heavy atom. The summed E-state index contributed by atoms with van der Waals surface area (Å²) >= 11 is 0. The van der Waals surface area contributed by atoms with Gasteiger partial charge in [-0.15, -0.1) is 0 Å². The number of benzene rings is 1. The molecule has 0 saturated carbocycles. The number of hydrogen-bond donors (Lipinski definition) is 2. The van der Waals surface area contributed by atoms with Crippen LogP contribution in [0.2, 0.25) is 0 Å². The van der Waals surface area contributed by atoms with Crippen LogP contribution in [0, 0.1) is 5.92 Å². The average Bonchev–Trinajstić information content (AvgIpc) is 2.47. The van der Waals surface area contributed by atoms with Crippen LogP contribution in [0.5, 0.6) is 0 Å². The fraction of sp³-hybridized carbons (Fsp3) is 0.562. The van der Waals surface area contributed by atoms with Crippen molar-refractivity contribution in [3.63, 3.8) is 0 Å². The number of amides is 1. The van der Waals surface area contributed by atoms with E-state index in [0.717, 1.165) is 24.1 Å². The second-order valence-electron chi connectivity index (χ2n) is 5.60. The molecule has 0 bridgehead atoms. The number of piperidine rings is 1. The predicted octanol–water partition coefficient (Wildman–Crippen LogP) is 1.29. The lowest BCUT2D eigenvalue weighted by molar-refractivity contribution is 0.0297. The predicted molar refractivity (Wildman–Crippen MR) is 79.8 cm³/mol. The highest BCUT2D eigenvalue weighted by Crippen LogP contribution is 2.20. The summed E-state index contributed by atoms with van der Waals surface area (Å²) in [6.45, 7) is 4.14. The van der Waals surface area contributed by atoms with E-state index in [2.05, 4.69) is 5.32 Å². The van der Waals surface area contributed by atoms with E-state index in [1.807, 2.05) is 43.1 Å². The Hall–Kier alpha value is -1.39. The highest BCUT2D eigenvalue weighted by Gasteiger charge is 2.28. The average molecular weight is 276 g/mol. The number of aliphatic hydroxyl groups is 1. The summed E-state index contributed by atoms with van der Waals surface area (Å²) in [4.78, 5) is 14.5. The van der Waals surface area contributed by atoms with Crippen LogP contribution in [0.3, 0.4) is 0 Å². The topological polar surface area (TPSA) is 52.6 Å². The number of aliphatic hydroxyl groups excluding tert-OH is 1. The summed E-state index contributed by atoms with van der Waals surface area (Å²) in [5.74, 6) is 0.243. The van der Waals surface area contributed by atoms with Crippen LogP contribution in [0.4, 0.5) is 0 Å². The van der Waals surface area contributed by atoms with Crippen molar-refractivity contribution in [2.45, 2.75) is 25.9 Å². The number of carbonyl (C=O) groups is 1. The van der Waals surface area contributed by atoms with E-state index in [-0.39, 0.29) is 17.9 Å². The van der Waals surface area contributed by atoms with Crippen molar-refractivity contribution in [2.24, 2.45) is 5.92 Å². The minimum Gasteiger partial charge on any atom is -0.393 e. The molecule has 2 unspecified atom stereocenters. The quantitative estimate of drug-likeness (QED) is 0.871. The van der Waals surface area contributed by atoms with E-state index in [1.165, 1.54) is 0 Å². The van der Waals surface area contributed by atoms with Gasteiger partial charge in [-0.25, -0.2) is 0 Å². The van der Waals surface area contributed by atoms with E-state index < -0.39 is 0 Å². The Morgan fingerprint density at radius 3 is 2.90 bits per heavy atom. The van der Waals surface area contributed by atoms with Gasteiger partial charge < -0.3 is 15.3 Å². The Bertz CT molecular complexity index is 462. The lowest BCUT2D eigenvalue weighted by Gasteiger charge is -2.34. The molecule has 0 aliphatic carbocycles. The molecule has 1 fully saturated rings. The minimum absolute atomic E-state index is 0.0930. The van der Waals surface area contributed by atoms with Gasteiger partial charge in [0.15, 0.2) is 0 Å². The molecule has 2 N–H and O–H groups in total. The third kappa shape index (κ3) is 3.38. The third-order valence-corrected chi connectivity index (χ3v) is 4.04. The maximum atomic E-state index is 12.7. The molecule has 4 nitrogen and oxygen atoms in total. The van der Waals surface area contributed by atoms with Gasteiger partial charge in [-0.3, -0.25) is 4.79 Å². The van der Waals surface area contributed by atoms with Crippen molar-refractivity contribution >= 4 is 5.91 Å². The van der Waals surface area contributed by atoms with Crippen LogP contribution in [-0.2, 0) is 6.42 Å². The van der Waals surface area contributed by atoms with E-state index in [1.54, 1.807) is 0 Å². The molecule has 1 heterocycles. The van der Waals surface area contributed by atoms with Gasteiger partial charge in [0.25, 0.3) is 5.91 Å². The number of likely N-dealkylation sites (N-methyl/N-ethyl adjacent to an activating group) is 1. The van der Waals surface area contributed by atoms with Gasteiger partial charge in [0.05, 0.1) is 6.10 Å². The summed E-state index contributed by atoms with van der Waals surface area (Å²) in [5.41, 5.74) is 1.89. The highest BCUT2D eigenvalue weighted by molar-refractivity contribution is 5.95. The first kappa shape index (κ1) is 15.0. The van der Waals surface area contributed by atoms with E-state index in [9.17, 15) is 9.90 Å². The first-order valence-electron chi connectivity index (χ1n) is 7.33. The van der Waals surface area contributed by atoms with Gasteiger partial charge in [0.1, 0.15) is 0 Å². The molecule has 2 atom stereocenters. The molecule has 4 heteroatoms. The SMILES string of the molecule is CNCCc1ccccc1C(=O)N1CCC(O)C(C)C1. The van der Waals surface area contributed by atoms with Crippen LogP contribution < -0.4 is 5.32 Å². The van der Waals surface area contributed by atoms with Gasteiger partial charge in [0.2, 0.25) is 0 Å². The molecule has 1 amide bonds. The molecule has 1 aromatic rings. The Balaban J connectivity index is 2.12. The normalized spacial score (nSPS) is 22.9. The largest absolute Gasteiger partial charge is 0.393 e. The molecule has 1 aliphatic heterocycles. The molecular weight excluding hydrogens is 252 g/mol. The van der Waals surface area contributed by atoms with Crippen molar-refractivity contribution in [3.8, 4) is 0 Å². The number of nitrogens with one attached hydrogen (secondary N) is 1. The smallest absolute Gasteiger partial charge is 0.254 e. The van der Waals surface area contributed by atoms with Crippen molar-refractivity contribution in [3.05, 3.63) is 35.4 Å². The third-order valence-electron chi connectivity index (χ3n) is 4.04. The first-order chi connectivity index (χ1) is 9.63. The monoisotopic (exact) mass is 276 g/mol. The molecule has 0 aromatic heterocycles. The summed E-state index contributed by atoms with van der Waals surface area (Å²) in [5, 5.41) is 12.9. The molecule has 20 heavy (non-hydrogen) atoms. The van der Waals surface area contributed by atoms with Crippen LogP contribution in [0.1, 0.15) is 29.3 Å². The van der Waals surface area contributed by atoms with E-state index >= 15 is 0 Å². The molecule has 1 aromatic carbocycles. The molecule has 0 radical (unpaired) electrons. The number of hydrogen-bond acceptors (Lipinski definition) is 3. The zero-order chi connectivity index (χ0) is 14.5. The van der Waals surface area contributed by atoms with Crippen molar-refractivity contribution in [1.29, 1.82) is 0 Å². The van der Waals surface area contributed by atoms with Crippen LogP contribution >= 0.6 is 0 Å². The number of likely N-dealkylation sites (tertiary alicyclic amines) is 1. The van der Waals surface area contributed by atoms with E-state index in [0.29, 0.717) is 19.5 Å². The van der Waals surface area contributed by atoms with Crippen LogP contribution in [-0.4, -0.2) is 48.7 Å². The second-order valence-corrected chi connectivity index (χ2v) is 5.60. The van der Waals surface area contributed by atoms with Gasteiger partial charge in [-0.1, -0.05) is 25.1 Å². The fourth-order valence-corrected chi connectivity index (χ4v) is 2.69. The number of rotatable bonds is 4. The number of carbonyl (C=O) groups excluding carboxylic acids is 1. The summed E-state index contributed by atoms with van der Waals surface area (Å²) in [6.07, 6.45) is 1.24. The maximum absolute atomic E-state index is 12.7. The summed E-state index contributed by atoms with van der Waals surface area (Å²) in [6, 6.07) is 7.82. The van der Waals surface area contributed by atoms with Gasteiger partial charge in [-0.05, 0) is 44.0 Å². The molecule has 0 spiro atoms. The standard InChI is InChI=1S/C16H24N2O2/c1-12-11-18(10-8-15(12)19)16(20)14-6-4-3-5-13(14)7-9-17-2/h3-6,12,15,17,19H,7-11H2,1-2H3. The Labute approximate surface area is 120 Å². The van der Waals surface area contributed by atoms with Crippen molar-refractivity contribution < 1.29 is 9.90 Å². The fourth-order valence-electron chi connectivity index (χ4n) is 2.69. The molecule has 110 valence electrons. The Morgan fingerprint density at radius 1 is 1.45 bits per heavy atom. The van der Waals surface area contributed by atoms with Crippen molar-refractivity contribution in [1.82, 2.24) is 10.2 Å². The lowest BCUT2D eigenvalue weighted by Crippen LogP contribution is -2.45. The van der Waals surface area contributed by atoms with Gasteiger partial charge in [0, 0.05) is 18.7 Å². The summed E-state index contributed by atoms with van der Waals surface area (Å²) in [7, 11) is 1.91. The minimum atomic E-state index is -0.279. The first-order valence-corrected chi connectivity index (χ1v) is 7.33. The molecule has 1 saturated heterocycles. The second kappa shape index (κ2) is 6.86. The maximum Gasteiger partial charge on any atom is 0.254 e. The highest BCUT2D eigenvalue weighted by atomic mass is 16.3. The zero-order valence-electron chi connectivity index (χ0n) is 12.3. The number of nitrogens with zero attached hydrogens (tertiary/aromatic N) is 1. The van der Waals surface area contributed by atoms with Crippen molar-refractivity contribution in [2.75, 3.05) is 26.7 Å². The zero-order valence-corrected chi connectivity index (χ0v) is 12.3. The van der Waals surface area contributed by atoms with E-state index in [4.69, 9.17) is 0 Å². The van der Waals surface area contributed by atoms with Crippen LogP contribution in [0.15, 0.2) is 24.3 Å².